The first kappa shape index (κ1) is 69.6. The molecule has 5 amide bonds. The summed E-state index contributed by atoms with van der Waals surface area (Å²) in [5.74, 6) is 0.174. The van der Waals surface area contributed by atoms with Gasteiger partial charge in [0, 0.05) is 58.9 Å². The lowest BCUT2D eigenvalue weighted by atomic mass is 9.72. The van der Waals surface area contributed by atoms with Crippen molar-refractivity contribution >= 4 is 81.0 Å². The van der Waals surface area contributed by atoms with Crippen molar-refractivity contribution in [1.82, 2.24) is 35.4 Å². The summed E-state index contributed by atoms with van der Waals surface area (Å²) >= 11 is 7.06. The second kappa shape index (κ2) is 32.2. The Bertz CT molecular complexity index is 3510. The zero-order chi connectivity index (χ0) is 65.4. The van der Waals surface area contributed by atoms with E-state index in [0.29, 0.717) is 46.0 Å². The number of methoxy groups -OCH3 is 1. The summed E-state index contributed by atoms with van der Waals surface area (Å²) in [4.78, 5) is 102. The number of nitrogens with two attached hydrogens (primary N) is 1. The number of aryl methyl sites for hydroxylation is 1. The molecule has 4 aliphatic rings. The van der Waals surface area contributed by atoms with E-state index in [-0.39, 0.29) is 49.7 Å². The number of aliphatic hydroxyl groups is 2. The van der Waals surface area contributed by atoms with E-state index in [0.717, 1.165) is 48.0 Å². The fraction of sp³-hybridized carbons (Fsp3) is 0.508. The van der Waals surface area contributed by atoms with Crippen LogP contribution < -0.4 is 47.9 Å². The number of para-hydroxylation sites is 1. The summed E-state index contributed by atoms with van der Waals surface area (Å²) in [5, 5.41) is 37.3. The summed E-state index contributed by atoms with van der Waals surface area (Å²) in [6.07, 6.45) is 5.75. The Morgan fingerprint density at radius 1 is 0.989 bits per heavy atom. The number of azide groups is 1. The first-order valence-electron chi connectivity index (χ1n) is 30.0. The van der Waals surface area contributed by atoms with Crippen molar-refractivity contribution in [2.75, 3.05) is 49.0 Å². The van der Waals surface area contributed by atoms with Crippen molar-refractivity contribution < 1.29 is 48.4 Å². The molecule has 5 aromatic rings. The number of fused-ring (bicyclic) bond motifs is 3. The highest BCUT2D eigenvalue weighted by atomic mass is 32.2. The average Bonchev–Trinajstić information content (AvgIpc) is 1.21. The number of carbonyl (C=O) groups is 5. The number of hydrogen-bond donors (Lipinski definition) is 8. The third-order valence-electron chi connectivity index (χ3n) is 15.9. The van der Waals surface area contributed by atoms with Gasteiger partial charge in [-0.25, -0.2) is 14.6 Å². The van der Waals surface area contributed by atoms with Crippen LogP contribution in [0.15, 0.2) is 106 Å². The number of hydrogen-bond acceptors (Lipinski definition) is 17. The van der Waals surface area contributed by atoms with Crippen LogP contribution in [0.25, 0.3) is 21.3 Å². The number of aromatic nitrogens is 3. The van der Waals surface area contributed by atoms with Gasteiger partial charge in [0.2, 0.25) is 17.7 Å². The lowest BCUT2D eigenvalue weighted by Gasteiger charge is -2.47. The Morgan fingerprint density at radius 3 is 2.37 bits per heavy atom. The molecule has 25 nitrogen and oxygen atoms in total. The molecule has 9 N–H and O–H groups in total. The van der Waals surface area contributed by atoms with Crippen LogP contribution in [0.4, 0.5) is 16.2 Å². The van der Waals surface area contributed by atoms with Crippen LogP contribution in [0.2, 0.25) is 0 Å². The Kier molecular flexibility index (Phi) is 24.9. The highest BCUT2D eigenvalue weighted by Gasteiger charge is 2.43. The van der Waals surface area contributed by atoms with Gasteiger partial charge in [0.25, 0.3) is 11.5 Å². The van der Waals surface area contributed by atoms with E-state index >= 15 is 0 Å². The van der Waals surface area contributed by atoms with E-state index in [9.17, 15) is 38.7 Å². The van der Waals surface area contributed by atoms with Crippen LogP contribution in [-0.2, 0) is 30.3 Å². The van der Waals surface area contributed by atoms with Crippen LogP contribution in [0, 0.1) is 18.8 Å². The van der Waals surface area contributed by atoms with Gasteiger partial charge < -0.3 is 51.4 Å². The minimum absolute atomic E-state index is 0.0566. The molecule has 1 saturated carbocycles. The number of amides is 5. The first-order valence-corrected chi connectivity index (χ1v) is 31.8. The van der Waals surface area contributed by atoms with Crippen LogP contribution in [0.1, 0.15) is 107 Å². The second-order valence-electron chi connectivity index (χ2n) is 24.2. The normalized spacial score (nSPS) is 21.4. The van der Waals surface area contributed by atoms with E-state index in [4.69, 9.17) is 42.8 Å². The van der Waals surface area contributed by atoms with Crippen molar-refractivity contribution in [2.45, 2.75) is 153 Å². The lowest BCUT2D eigenvalue weighted by Crippen LogP contribution is -2.61. The van der Waals surface area contributed by atoms with Crippen LogP contribution in [-0.4, -0.2) is 157 Å². The van der Waals surface area contributed by atoms with Crippen molar-refractivity contribution in [1.29, 1.82) is 0 Å². The van der Waals surface area contributed by atoms with Gasteiger partial charge in [-0.1, -0.05) is 91.2 Å². The molecule has 0 unspecified atom stereocenters. The highest BCUT2D eigenvalue weighted by Crippen LogP contribution is 2.40. The summed E-state index contributed by atoms with van der Waals surface area (Å²) in [6.45, 7) is 11.6. The Labute approximate surface area is 532 Å². The Morgan fingerprint density at radius 2 is 1.70 bits per heavy atom. The van der Waals surface area contributed by atoms with Gasteiger partial charge in [-0.05, 0) is 114 Å². The molecule has 0 bridgehead atoms. The van der Waals surface area contributed by atoms with Gasteiger partial charge in [0.15, 0.2) is 0 Å². The summed E-state index contributed by atoms with van der Waals surface area (Å²) < 4.78 is 17.4. The largest absolute Gasteiger partial charge is 0.497 e. The number of piperidine rings is 1. The number of β-amino-alcohol motifs (C(OH)–C–C–N with tert-alkyl or cyclic N) is 1. The number of benzene rings is 3. The van der Waals surface area contributed by atoms with Gasteiger partial charge in [-0.2, -0.15) is 11.8 Å². The van der Waals surface area contributed by atoms with Gasteiger partial charge >= 0.3 is 11.8 Å². The minimum atomic E-state index is -1.30. The number of nitrogens with one attached hydrogen (secondary N) is 5. The number of rotatable bonds is 19. The number of H-pyrrole nitrogens is 1. The quantitative estimate of drug-likeness (QED) is 0.0191. The molecule has 10 atom stereocenters. The second-order valence-corrected chi connectivity index (χ2v) is 25.5. The molecule has 3 aromatic carbocycles. The van der Waals surface area contributed by atoms with Crippen LogP contribution >= 0.6 is 24.0 Å². The summed E-state index contributed by atoms with van der Waals surface area (Å²) in [7, 11) is 1.60. The fourth-order valence-electron chi connectivity index (χ4n) is 11.5. The van der Waals surface area contributed by atoms with E-state index in [2.05, 4.69) is 46.2 Å². The molecule has 3 aliphatic heterocycles. The number of aromatic amines is 1. The van der Waals surface area contributed by atoms with E-state index in [1.807, 2.05) is 108 Å². The number of anilines is 2. The van der Waals surface area contributed by atoms with Gasteiger partial charge in [-0.3, -0.25) is 43.3 Å². The molecule has 5 heterocycles. The Balaban J connectivity index is 0.000000230. The molecule has 27 heteroatoms. The Hall–Kier alpha value is -7.91. The number of thioether (sulfide) groups is 1. The smallest absolute Gasteiger partial charge is 0.415 e. The molecule has 1 aliphatic carbocycles. The standard InChI is InChI=1S/C38H50N6O5.C15H20N2O3S2.C10H13N5O4/c1-38(2,3)43-37(49)32-20-26-14-7-8-15-27(26)22-44(32)23-33(45)30(19-24-11-5-4-6-12-24)41-36(48)31(21-34(39)46)42-35(47)29-18-17-25-13-9-10-16-28(25)40-29;1-9(2)20-15(18)17-12-7-10(19-3)5-6-11(12)16-14(21)13(17)8-22-4;1-5-3-15(10(18)12-9(5)17)8-2-6(13-14-11)7(4-16)19-8/h4-6,9-13,16-18,26-27,30-33,45H,7-8,14-15,19-23H2,1-3H3,(H2,39,46)(H,41,48)(H,42,47)(H,43,49);5-7,9,13H,8H2,1-4H3,(H,16,21);3,6-8,16H,2,4H2,1H3,(H,12,17,18)/t26-,27+,30-,31-,32-,33+;13-;6-,7+,8+/m000/s1. The van der Waals surface area contributed by atoms with Gasteiger partial charge in [0.1, 0.15) is 28.7 Å². The van der Waals surface area contributed by atoms with Crippen LogP contribution in [0.5, 0.6) is 5.75 Å². The SMILES string of the molecule is CC(C)(C)NC(=O)[C@@H]1C[C@@H]2CCCC[C@@H]2CN1C[C@@H](O)[C@H](Cc1ccccc1)NC(=O)[C@H](CC(N)=O)NC(=O)c1ccc2ccccc2n1.COc1ccc2c(c1)N(C(=O)OC(C)C)[C@@H](CSC)C(=S)N2.Cc1cn([C@H]2C[C@H](N=[N+]=[N-])[C@@H](CO)O2)c(=O)[nH]c1=O. The predicted molar refractivity (Wildman–Crippen MR) is 348 cm³/mol. The molecule has 0 spiro atoms. The third kappa shape index (κ3) is 18.8. The van der Waals surface area contributed by atoms with Crippen molar-refractivity contribution in [3.05, 3.63) is 139 Å². The van der Waals surface area contributed by atoms with E-state index in [1.165, 1.54) is 17.2 Å². The number of thiocarbonyl (C=S) groups is 1. The molecule has 90 heavy (non-hydrogen) atoms. The zero-order valence-corrected chi connectivity index (χ0v) is 53.6. The predicted octanol–water partition coefficient (Wildman–Crippen LogP) is 6.43. The number of nitrogens with zero attached hydrogens (tertiary/aromatic N) is 7. The average molecular weight is 1280 g/mol. The highest BCUT2D eigenvalue weighted by molar-refractivity contribution is 7.98. The number of likely N-dealkylation sites (tertiary alicyclic amines) is 1. The van der Waals surface area contributed by atoms with Gasteiger partial charge in [0.05, 0.1) is 79.5 Å². The molecule has 9 rings (SSSR count). The monoisotopic (exact) mass is 1280 g/mol. The molecule has 3 fully saturated rings. The van der Waals surface area contributed by atoms with E-state index in [1.54, 1.807) is 48.9 Å². The maximum Gasteiger partial charge on any atom is 0.415 e. The molecule has 2 saturated heterocycles. The summed E-state index contributed by atoms with van der Waals surface area (Å²) in [6, 6.07) is 22.4. The number of primary amides is 1. The maximum absolute atomic E-state index is 13.8. The minimum Gasteiger partial charge on any atom is -0.497 e. The molecular weight excluding hydrogens is 1190 g/mol. The fourth-order valence-corrected chi connectivity index (χ4v) is 12.6. The number of aliphatic hydroxyl groups excluding tert-OH is 2. The summed E-state index contributed by atoms with van der Waals surface area (Å²) in [5.41, 5.74) is 16.0. The van der Waals surface area contributed by atoms with Crippen molar-refractivity contribution in [3.8, 4) is 5.75 Å². The number of pyridine rings is 1. The maximum atomic E-state index is 13.8. The molecule has 0 radical (unpaired) electrons. The molecule has 2 aromatic heterocycles. The molecule has 484 valence electrons. The van der Waals surface area contributed by atoms with Crippen molar-refractivity contribution in [3.63, 3.8) is 0 Å². The van der Waals surface area contributed by atoms with E-state index < -0.39 is 89.6 Å². The number of ether oxygens (including phenoxy) is 3. The van der Waals surface area contributed by atoms with Crippen molar-refractivity contribution in [2.24, 2.45) is 22.7 Å². The topological polar surface area (TPSA) is 351 Å². The number of carbonyl (C=O) groups excluding carboxylic acids is 5. The van der Waals surface area contributed by atoms with Crippen LogP contribution in [0.3, 0.4) is 0 Å². The third-order valence-corrected chi connectivity index (χ3v) is 16.9. The lowest BCUT2D eigenvalue weighted by molar-refractivity contribution is -0.133. The first-order chi connectivity index (χ1) is 42.9. The zero-order valence-electron chi connectivity index (χ0n) is 52.0. The van der Waals surface area contributed by atoms with Gasteiger partial charge in [-0.15, -0.1) is 0 Å². The molecular formula is C63H83N13O12S2.